The van der Waals surface area contributed by atoms with E-state index < -0.39 is 17.5 Å². The molecule has 3 N–H and O–H groups in total. The van der Waals surface area contributed by atoms with Crippen LogP contribution in [-0.4, -0.2) is 43.2 Å². The minimum Gasteiger partial charge on any atom is -0.443 e. The lowest BCUT2D eigenvalue weighted by Crippen LogP contribution is -2.34. The van der Waals surface area contributed by atoms with Crippen LogP contribution >= 0.6 is 0 Å². The van der Waals surface area contributed by atoms with Gasteiger partial charge in [-0.1, -0.05) is 0 Å². The van der Waals surface area contributed by atoms with Gasteiger partial charge in [-0.15, -0.1) is 0 Å². The number of nitrogens with zero attached hydrogens (tertiary/aromatic N) is 5. The number of fused-ring (bicyclic) bond motifs is 3. The number of H-pyrrole nitrogens is 1. The first kappa shape index (κ1) is 20.7. The summed E-state index contributed by atoms with van der Waals surface area (Å²) in [5.41, 5.74) is 8.25. The van der Waals surface area contributed by atoms with Crippen molar-refractivity contribution >= 4 is 34.0 Å². The number of halogens is 1. The van der Waals surface area contributed by atoms with E-state index in [1.807, 2.05) is 17.7 Å². The Morgan fingerprint density at radius 1 is 1.29 bits per heavy atom. The van der Waals surface area contributed by atoms with Crippen molar-refractivity contribution < 1.29 is 13.9 Å². The normalized spacial score (nSPS) is 12.0. The molecule has 0 aliphatic rings. The van der Waals surface area contributed by atoms with Crippen LogP contribution in [0, 0.1) is 5.82 Å². The number of nitrogens with two attached hydrogens (primary N) is 1. The maximum atomic E-state index is 14.0. The van der Waals surface area contributed by atoms with Crippen LogP contribution in [0.4, 0.5) is 15.0 Å². The maximum absolute atomic E-state index is 14.0. The van der Waals surface area contributed by atoms with Gasteiger partial charge in [-0.25, -0.2) is 24.1 Å². The number of amides is 1. The monoisotopic (exact) mass is 425 g/mol. The van der Waals surface area contributed by atoms with Crippen molar-refractivity contribution in [2.75, 3.05) is 11.9 Å². The third kappa shape index (κ3) is 3.81. The van der Waals surface area contributed by atoms with Gasteiger partial charge >= 0.3 is 6.09 Å². The molecular formula is C21H24FN7O2. The molecule has 4 aromatic rings. The summed E-state index contributed by atoms with van der Waals surface area (Å²) in [5, 5.41) is 0.770. The lowest BCUT2D eigenvalue weighted by atomic mass is 10.2. The molecule has 4 rings (SSSR count). The van der Waals surface area contributed by atoms with Crippen molar-refractivity contribution in [3.63, 3.8) is 0 Å². The van der Waals surface area contributed by atoms with Crippen LogP contribution in [0.3, 0.4) is 0 Å². The zero-order valence-electron chi connectivity index (χ0n) is 18.0. The van der Waals surface area contributed by atoms with Crippen molar-refractivity contribution in [3.8, 4) is 11.4 Å². The molecule has 4 heterocycles. The van der Waals surface area contributed by atoms with Crippen LogP contribution in [-0.2, 0) is 18.3 Å². The lowest BCUT2D eigenvalue weighted by Gasteiger charge is -2.24. The Morgan fingerprint density at radius 2 is 2.03 bits per heavy atom. The number of aromatic amines is 1. The van der Waals surface area contributed by atoms with Crippen molar-refractivity contribution in [1.82, 2.24) is 24.5 Å². The molecule has 0 fully saturated rings. The minimum atomic E-state index is -0.651. The zero-order chi connectivity index (χ0) is 22.5. The Balaban J connectivity index is 1.89. The van der Waals surface area contributed by atoms with E-state index in [4.69, 9.17) is 10.5 Å². The quantitative estimate of drug-likeness (QED) is 0.519. The van der Waals surface area contributed by atoms with E-state index in [0.29, 0.717) is 34.1 Å². The number of imidazole rings is 1. The summed E-state index contributed by atoms with van der Waals surface area (Å²) in [6.07, 6.45) is 1.11. The highest BCUT2D eigenvalue weighted by Crippen LogP contribution is 2.33. The molecule has 0 saturated heterocycles. The molecule has 162 valence electrons. The van der Waals surface area contributed by atoms with Crippen LogP contribution in [0.25, 0.3) is 33.5 Å². The summed E-state index contributed by atoms with van der Waals surface area (Å²) in [5.74, 6) is -0.0753. The number of pyridine rings is 2. The average molecular weight is 425 g/mol. The fourth-order valence-electron chi connectivity index (χ4n) is 3.36. The van der Waals surface area contributed by atoms with Crippen molar-refractivity contribution in [1.29, 1.82) is 0 Å². The number of hydrogen-bond donors (Lipinski definition) is 2. The highest BCUT2D eigenvalue weighted by molar-refractivity contribution is 6.09. The summed E-state index contributed by atoms with van der Waals surface area (Å²) in [4.78, 5) is 30.6. The molecule has 0 aliphatic carbocycles. The summed E-state index contributed by atoms with van der Waals surface area (Å²) < 4.78 is 21.3. The second kappa shape index (κ2) is 7.31. The van der Waals surface area contributed by atoms with Gasteiger partial charge in [0, 0.05) is 32.1 Å². The fourth-order valence-corrected chi connectivity index (χ4v) is 3.36. The highest BCUT2D eigenvalue weighted by atomic mass is 19.1. The van der Waals surface area contributed by atoms with Crippen LogP contribution < -0.4 is 10.6 Å². The largest absolute Gasteiger partial charge is 0.443 e. The zero-order valence-corrected chi connectivity index (χ0v) is 18.0. The van der Waals surface area contributed by atoms with Gasteiger partial charge in [0.2, 0.25) is 0 Å². The fraction of sp³-hybridized carbons (Fsp3) is 0.333. The number of rotatable bonds is 3. The van der Waals surface area contributed by atoms with E-state index in [2.05, 4.69) is 19.9 Å². The number of aromatic nitrogens is 5. The molecule has 0 aliphatic heterocycles. The van der Waals surface area contributed by atoms with E-state index in [0.717, 1.165) is 10.9 Å². The number of carbonyl (C=O) groups is 1. The predicted molar refractivity (Wildman–Crippen MR) is 116 cm³/mol. The first-order valence-electron chi connectivity index (χ1n) is 9.74. The van der Waals surface area contributed by atoms with Gasteiger partial charge in [0.1, 0.15) is 22.6 Å². The Kier molecular flexibility index (Phi) is 4.89. The van der Waals surface area contributed by atoms with Gasteiger partial charge < -0.3 is 20.0 Å². The molecule has 0 unspecified atom stereocenters. The van der Waals surface area contributed by atoms with E-state index >= 15 is 0 Å². The van der Waals surface area contributed by atoms with Gasteiger partial charge in [0.25, 0.3) is 0 Å². The number of hydrogen-bond acceptors (Lipinski definition) is 6. The minimum absolute atomic E-state index is 0.125. The number of carbonyl (C=O) groups excluding carboxylic acids is 1. The molecule has 9 nitrogen and oxygen atoms in total. The number of ether oxygens (including phenoxy) is 1. The summed E-state index contributed by atoms with van der Waals surface area (Å²) in [6, 6.07) is 4.47. The summed E-state index contributed by atoms with van der Waals surface area (Å²) in [7, 11) is 3.44. The van der Waals surface area contributed by atoms with Gasteiger partial charge in [0.15, 0.2) is 5.82 Å². The molecular weight excluding hydrogens is 401 g/mol. The summed E-state index contributed by atoms with van der Waals surface area (Å²) >= 11 is 0. The van der Waals surface area contributed by atoms with Crippen LogP contribution in [0.15, 0.2) is 24.5 Å². The Hall–Kier alpha value is -3.53. The first-order chi connectivity index (χ1) is 14.6. The molecule has 0 atom stereocenters. The Morgan fingerprint density at radius 3 is 2.71 bits per heavy atom. The Labute approximate surface area is 178 Å². The van der Waals surface area contributed by atoms with Crippen LogP contribution in [0.1, 0.15) is 26.5 Å². The second-order valence-electron chi connectivity index (χ2n) is 8.34. The van der Waals surface area contributed by atoms with Gasteiger partial charge in [0.05, 0.1) is 28.9 Å². The topological polar surface area (TPSA) is 115 Å². The first-order valence-corrected chi connectivity index (χ1v) is 9.74. The second-order valence-corrected chi connectivity index (χ2v) is 8.34. The van der Waals surface area contributed by atoms with Crippen molar-refractivity contribution in [3.05, 3.63) is 36.0 Å². The number of anilines is 1. The highest BCUT2D eigenvalue weighted by Gasteiger charge is 2.25. The molecule has 0 bridgehead atoms. The third-order valence-corrected chi connectivity index (χ3v) is 4.73. The van der Waals surface area contributed by atoms with Crippen LogP contribution in [0.2, 0.25) is 0 Å². The predicted octanol–water partition coefficient (Wildman–Crippen LogP) is 3.48. The standard InChI is InChI=1S/C21H24FN7O2/c1-21(2,3)31-20(30)29(5)19-16-17(28(4)10-24-16)13-8-15(26-18(13)27-19)14-7-11(22)6-12(9-23)25-14/h6-8,10H,9,23H2,1-5H3,(H,26,27). The van der Waals surface area contributed by atoms with Gasteiger partial charge in [-0.3, -0.25) is 4.90 Å². The smallest absolute Gasteiger partial charge is 0.415 e. The Bertz CT molecular complexity index is 1300. The average Bonchev–Trinajstić information content (AvgIpc) is 3.28. The molecule has 10 heteroatoms. The molecule has 0 saturated carbocycles. The number of aryl methyl sites for hydroxylation is 1. The van der Waals surface area contributed by atoms with Gasteiger partial charge in [-0.05, 0) is 32.9 Å². The molecule has 1 amide bonds. The van der Waals surface area contributed by atoms with E-state index in [1.165, 1.54) is 17.0 Å². The van der Waals surface area contributed by atoms with Gasteiger partial charge in [-0.2, -0.15) is 0 Å². The molecule has 0 aromatic carbocycles. The van der Waals surface area contributed by atoms with E-state index in [1.54, 1.807) is 34.1 Å². The third-order valence-electron chi connectivity index (χ3n) is 4.73. The molecule has 4 aromatic heterocycles. The van der Waals surface area contributed by atoms with Crippen LogP contribution in [0.5, 0.6) is 0 Å². The van der Waals surface area contributed by atoms with E-state index in [-0.39, 0.29) is 6.54 Å². The molecule has 0 spiro atoms. The van der Waals surface area contributed by atoms with E-state index in [9.17, 15) is 9.18 Å². The number of nitrogens with one attached hydrogen (secondary N) is 1. The summed E-state index contributed by atoms with van der Waals surface area (Å²) in [6.45, 7) is 5.51. The van der Waals surface area contributed by atoms with Crippen molar-refractivity contribution in [2.45, 2.75) is 32.9 Å². The molecule has 0 radical (unpaired) electrons. The lowest BCUT2D eigenvalue weighted by molar-refractivity contribution is 0.0588. The maximum Gasteiger partial charge on any atom is 0.415 e. The SMILES string of the molecule is CN(C(=O)OC(C)(C)C)c1nc2[nH]c(-c3cc(F)cc(CN)n3)cc2c2c1ncn2C. The van der Waals surface area contributed by atoms with Crippen molar-refractivity contribution in [2.24, 2.45) is 12.8 Å². The molecule has 31 heavy (non-hydrogen) atoms.